The normalized spacial score (nSPS) is 28.6. The topological polar surface area (TPSA) is 192 Å². The molecule has 2 unspecified atom stereocenters. The van der Waals surface area contributed by atoms with Crippen LogP contribution in [0, 0.1) is 0 Å². The maximum Gasteiger partial charge on any atom is 0.437 e. The Kier molecular flexibility index (Phi) is 4.85. The molecule has 2 aliphatic heterocycles. The van der Waals surface area contributed by atoms with Crippen LogP contribution in [0.4, 0.5) is 17.5 Å². The molecule has 2 aliphatic rings. The number of rotatable bonds is 5. The highest BCUT2D eigenvalue weighted by Crippen LogP contribution is 2.44. The summed E-state index contributed by atoms with van der Waals surface area (Å²) in [4.78, 5) is 35.4. The van der Waals surface area contributed by atoms with E-state index in [4.69, 9.17) is 15.0 Å². The Balaban J connectivity index is 1.52. The van der Waals surface area contributed by atoms with Crippen LogP contribution in [-0.4, -0.2) is 79.3 Å². The lowest BCUT2D eigenvalue weighted by Crippen LogP contribution is -2.45. The summed E-state index contributed by atoms with van der Waals surface area (Å²) in [5.41, 5.74) is 5.41. The molecule has 4 rings (SSSR count). The van der Waals surface area contributed by atoms with Crippen molar-refractivity contribution in [3.8, 4) is 0 Å². The number of fused-ring (bicyclic) bond motifs is 1. The minimum absolute atomic E-state index is 0.108. The van der Waals surface area contributed by atoms with E-state index in [-0.39, 0.29) is 24.1 Å². The molecule has 0 saturated carbocycles. The van der Waals surface area contributed by atoms with Gasteiger partial charge in [-0.1, -0.05) is 0 Å². The highest BCUT2D eigenvalue weighted by molar-refractivity contribution is 7.51. The Morgan fingerprint density at radius 2 is 2.21 bits per heavy atom. The van der Waals surface area contributed by atoms with Crippen LogP contribution >= 0.6 is 7.75 Å². The first-order valence-electron chi connectivity index (χ1n) is 8.54. The van der Waals surface area contributed by atoms with Gasteiger partial charge in [-0.2, -0.15) is 4.98 Å². The number of hydrogen-bond acceptors (Lipinski definition) is 11. The number of nitrogen functional groups attached to an aromatic ring is 1. The Morgan fingerprint density at radius 3 is 2.90 bits per heavy atom. The molecule has 6 N–H and O–H groups in total. The highest BCUT2D eigenvalue weighted by atomic mass is 31.2. The van der Waals surface area contributed by atoms with E-state index in [9.17, 15) is 24.5 Å². The molecule has 0 radical (unpaired) electrons. The molecule has 0 amide bonds. The summed E-state index contributed by atoms with van der Waals surface area (Å²) in [6.07, 6.45) is -1.29. The van der Waals surface area contributed by atoms with Gasteiger partial charge in [-0.05, 0) is 0 Å². The summed E-state index contributed by atoms with van der Waals surface area (Å²) in [5, 5.41) is 20.8. The van der Waals surface area contributed by atoms with Gasteiger partial charge in [-0.25, -0.2) is 13.9 Å². The third-order valence-electron chi connectivity index (χ3n) is 4.75. The molecule has 2 aromatic heterocycles. The molecule has 1 saturated heterocycles. The summed E-state index contributed by atoms with van der Waals surface area (Å²) < 4.78 is 23.8. The molecule has 29 heavy (non-hydrogen) atoms. The number of nitrogens with two attached hydrogens (primary N) is 1. The van der Waals surface area contributed by atoms with Crippen molar-refractivity contribution in [1.82, 2.24) is 19.3 Å². The quantitative estimate of drug-likeness (QED) is 0.325. The zero-order chi connectivity index (χ0) is 20.9. The molecular formula is C14H20N7O7P. The molecule has 5 atom stereocenters. The standard InChI is InChI=1S/C14H20N7O7P/c1-19-6-21(11-8(19)12(24)18-14(15)17-11)13-10(23)9(22)7(28-13)4-27-29(25,26)20-3-2-16-5-20/h2-3,5,7,9-10,13,22-23H,4,6H2,1H3,(H,25,26)(H3,15,17,18,24)/t7-,9+,10?,13-/m1/s1. The Morgan fingerprint density at radius 1 is 1.45 bits per heavy atom. The highest BCUT2D eigenvalue weighted by Gasteiger charge is 2.49. The van der Waals surface area contributed by atoms with Crippen LogP contribution in [0.25, 0.3) is 0 Å². The van der Waals surface area contributed by atoms with Crippen molar-refractivity contribution in [1.29, 1.82) is 0 Å². The fraction of sp³-hybridized carbons (Fsp3) is 0.500. The molecule has 1 fully saturated rings. The average Bonchev–Trinajstić information content (AvgIpc) is 3.35. The van der Waals surface area contributed by atoms with Gasteiger partial charge in [0.1, 0.15) is 30.3 Å². The number of imidazole rings is 1. The summed E-state index contributed by atoms with van der Waals surface area (Å²) >= 11 is 0. The van der Waals surface area contributed by atoms with Gasteiger partial charge < -0.3 is 35.4 Å². The Hall–Kier alpha value is -2.48. The molecule has 158 valence electrons. The number of nitrogens with one attached hydrogen (secondary N) is 1. The molecule has 2 aromatic rings. The lowest BCUT2D eigenvalue weighted by Gasteiger charge is -2.27. The van der Waals surface area contributed by atoms with Gasteiger partial charge in [0.2, 0.25) is 5.95 Å². The van der Waals surface area contributed by atoms with E-state index in [1.54, 1.807) is 11.9 Å². The molecule has 0 spiro atoms. The van der Waals surface area contributed by atoms with Gasteiger partial charge in [0, 0.05) is 19.4 Å². The first-order chi connectivity index (χ1) is 13.7. The van der Waals surface area contributed by atoms with Crippen molar-refractivity contribution in [3.05, 3.63) is 29.1 Å². The van der Waals surface area contributed by atoms with Gasteiger partial charge in [0.05, 0.1) is 13.3 Å². The van der Waals surface area contributed by atoms with E-state index in [0.29, 0.717) is 0 Å². The first-order valence-corrected chi connectivity index (χ1v) is 10.1. The average molecular weight is 429 g/mol. The number of anilines is 3. The van der Waals surface area contributed by atoms with Crippen LogP contribution in [-0.2, 0) is 13.8 Å². The van der Waals surface area contributed by atoms with Crippen LogP contribution in [0.1, 0.15) is 0 Å². The number of hydrogen-bond donors (Lipinski definition) is 5. The van der Waals surface area contributed by atoms with Gasteiger partial charge in [0.15, 0.2) is 12.0 Å². The molecule has 0 aliphatic carbocycles. The number of ether oxygens (including phenoxy) is 1. The monoisotopic (exact) mass is 429 g/mol. The molecule has 14 nitrogen and oxygen atoms in total. The molecule has 0 aromatic carbocycles. The number of aliphatic hydroxyl groups is 2. The van der Waals surface area contributed by atoms with Crippen LogP contribution in [0.2, 0.25) is 0 Å². The minimum atomic E-state index is -4.23. The minimum Gasteiger partial charge on any atom is -0.387 e. The first kappa shape index (κ1) is 19.8. The van der Waals surface area contributed by atoms with Gasteiger partial charge in [-0.15, -0.1) is 0 Å². The fourth-order valence-electron chi connectivity index (χ4n) is 3.35. The van der Waals surface area contributed by atoms with E-state index in [1.807, 2.05) is 0 Å². The van der Waals surface area contributed by atoms with Crippen molar-refractivity contribution >= 4 is 25.2 Å². The molecule has 15 heteroatoms. The lowest BCUT2D eigenvalue weighted by molar-refractivity contribution is -0.0187. The third-order valence-corrected chi connectivity index (χ3v) is 6.05. The number of aromatic nitrogens is 4. The van der Waals surface area contributed by atoms with Crippen molar-refractivity contribution < 1.29 is 28.9 Å². The summed E-state index contributed by atoms with van der Waals surface area (Å²) in [5.74, 6) is 0.0846. The van der Waals surface area contributed by atoms with Gasteiger partial charge in [-0.3, -0.25) is 14.3 Å². The van der Waals surface area contributed by atoms with E-state index in [0.717, 1.165) is 10.7 Å². The van der Waals surface area contributed by atoms with Crippen LogP contribution < -0.4 is 21.1 Å². The second kappa shape index (κ2) is 7.09. The van der Waals surface area contributed by atoms with Crippen molar-refractivity contribution in [3.63, 3.8) is 0 Å². The van der Waals surface area contributed by atoms with Crippen molar-refractivity contribution in [2.24, 2.45) is 0 Å². The largest absolute Gasteiger partial charge is 0.437 e. The van der Waals surface area contributed by atoms with Crippen molar-refractivity contribution in [2.75, 3.05) is 35.9 Å². The van der Waals surface area contributed by atoms with E-state index in [1.165, 1.54) is 17.3 Å². The maximum absolute atomic E-state index is 12.2. The predicted octanol–water partition coefficient (Wildman–Crippen LogP) is -2.13. The summed E-state index contributed by atoms with van der Waals surface area (Å²) in [6.45, 7) is -0.327. The van der Waals surface area contributed by atoms with E-state index in [2.05, 4.69) is 15.0 Å². The van der Waals surface area contributed by atoms with Crippen LogP contribution in [0.5, 0.6) is 0 Å². The second-order valence-electron chi connectivity index (χ2n) is 6.71. The number of nitrogens with zero attached hydrogens (tertiary/aromatic N) is 5. The zero-order valence-corrected chi connectivity index (χ0v) is 16.1. The Labute approximate surface area is 163 Å². The smallest absolute Gasteiger partial charge is 0.387 e. The maximum atomic E-state index is 12.2. The summed E-state index contributed by atoms with van der Waals surface area (Å²) in [7, 11) is -2.58. The van der Waals surface area contributed by atoms with Crippen LogP contribution in [0.3, 0.4) is 0 Å². The second-order valence-corrected chi connectivity index (χ2v) is 8.41. The summed E-state index contributed by atoms with van der Waals surface area (Å²) in [6, 6.07) is 0. The molecule has 4 heterocycles. The lowest BCUT2D eigenvalue weighted by atomic mass is 10.1. The number of H-pyrrole nitrogens is 1. The fourth-order valence-corrected chi connectivity index (χ4v) is 4.24. The molecule has 0 bridgehead atoms. The van der Waals surface area contributed by atoms with Gasteiger partial charge in [0.25, 0.3) is 5.56 Å². The van der Waals surface area contributed by atoms with Crippen LogP contribution in [0.15, 0.2) is 23.5 Å². The van der Waals surface area contributed by atoms with Crippen molar-refractivity contribution in [2.45, 2.75) is 24.5 Å². The Bertz CT molecular complexity index is 999. The zero-order valence-electron chi connectivity index (χ0n) is 15.2. The van der Waals surface area contributed by atoms with E-state index < -0.39 is 44.5 Å². The number of aromatic amines is 1. The SMILES string of the molecule is CN1CN([C@@H]2O[C@H](COP(=O)(O)n3ccnc3)[C@H](O)C2O)c2nc(N)[nH]c(=O)c21. The third kappa shape index (κ3) is 3.39. The molecular weight excluding hydrogens is 409 g/mol. The van der Waals surface area contributed by atoms with E-state index >= 15 is 0 Å². The number of aliphatic hydroxyl groups excluding tert-OH is 2. The van der Waals surface area contributed by atoms with Gasteiger partial charge >= 0.3 is 7.75 Å². The predicted molar refractivity (Wildman–Crippen MR) is 99.1 cm³/mol.